The molecule has 21 heterocycles. The number of aryl methyl sites for hydroxylation is 1. The number of aromatic nitrogens is 22. The number of phosphoric ester groups is 1. The van der Waals surface area contributed by atoms with Crippen molar-refractivity contribution >= 4 is 142 Å². The number of anilines is 5. The molecule has 21 rings (SSSR count). The van der Waals surface area contributed by atoms with Crippen molar-refractivity contribution in [2.75, 3.05) is 100 Å². The van der Waals surface area contributed by atoms with E-state index in [9.17, 15) is 87.1 Å². The molecule has 12 unspecified atom stereocenters. The molecule has 138 heavy (non-hydrogen) atoms. The standard InChI is InChI=1S/2C23H29N9O12P2.C22H26FN9O12P2/c2*24-10-1-2-26-20-13(10)29-6-31(20)22-16(34)17-12(44-22)4-42-46(37,38)9-40-18-15(33)11(3-41-45(35,36)8-39-17)43-23(18)32-7-30-14-19(25)27-5-28-21(14)32;1-8-29-19-13(20(34)30-8)28-6-32(19)21-11(23)15-10(43-21)3-41-46(37,38)44-16-14(33)9(2-40-45(35,36)7-39-15)42-22(16)31-5-27-12-17(24)25-4-26-18(12)31/h2*1-2,5-7,11-12,15-18,22-23,33-34H,3-4,8-9H2,(H2,24,26)(H,35,36)(H,37,38)(H2,25,27,28);4-6,9-11,14-16,21-22,33H,2-3,7H2,1H3,(H,35,36)(H,37,38)(H2,24,25,26)(H,29,30,34)/t11-,12-,15+,16?,17+,18?,22-,23-;11-,12-,15-,16?,17-,18?,22-,23-;9-,10-,11?,14+,15+,16?,21-,22-/m111/s1. The van der Waals surface area contributed by atoms with Crippen LogP contribution in [0.3, 0.4) is 0 Å². The summed E-state index contributed by atoms with van der Waals surface area (Å²) in [6.07, 6.45) is -24.8. The summed E-state index contributed by atoms with van der Waals surface area (Å²) in [5.41, 5.74) is 31.9. The van der Waals surface area contributed by atoms with Gasteiger partial charge in [0.2, 0.25) is 0 Å². The Bertz CT molecular complexity index is 6690. The van der Waals surface area contributed by atoms with Crippen LogP contribution in [-0.2, 0) is 111 Å². The van der Waals surface area contributed by atoms with Crippen LogP contribution in [-0.4, -0.2) is 343 Å². The second-order valence-corrected chi connectivity index (χ2v) is 42.6. The fourth-order valence-corrected chi connectivity index (χ4v) is 21.6. The normalized spacial score (nSPS) is 37.6. The number of hydrogen-bond acceptors (Lipinski definition) is 50. The third-order valence-electron chi connectivity index (χ3n) is 23.2. The van der Waals surface area contributed by atoms with Crippen molar-refractivity contribution in [3.63, 3.8) is 0 Å². The zero-order chi connectivity index (χ0) is 97.3. The summed E-state index contributed by atoms with van der Waals surface area (Å²) in [5, 5.41) is 55.6. The van der Waals surface area contributed by atoms with Gasteiger partial charge in [-0.1, -0.05) is 0 Å². The monoisotopic (exact) mass is 2060 g/mol. The number of imidazole rings is 6. The molecule has 0 aliphatic carbocycles. The smallest absolute Gasteiger partial charge is 0.397 e. The first-order chi connectivity index (χ1) is 65.7. The van der Waals surface area contributed by atoms with E-state index in [2.05, 4.69) is 79.7 Å². The summed E-state index contributed by atoms with van der Waals surface area (Å²) in [7, 11) is -28.0. The number of H-pyrrole nitrogens is 1. The van der Waals surface area contributed by atoms with E-state index >= 15 is 4.39 Å². The van der Waals surface area contributed by atoms with Crippen LogP contribution in [0.5, 0.6) is 0 Å². The first-order valence-corrected chi connectivity index (χ1v) is 51.4. The fourth-order valence-electron chi connectivity index (χ4n) is 16.6. The highest BCUT2D eigenvalue weighted by atomic mass is 31.2. The van der Waals surface area contributed by atoms with E-state index in [-0.39, 0.29) is 79.2 Å². The Balaban J connectivity index is 0.000000132. The van der Waals surface area contributed by atoms with E-state index in [1.165, 1.54) is 86.4 Å². The number of phosphoric acid groups is 1. The van der Waals surface area contributed by atoms with E-state index in [1.807, 2.05) is 0 Å². The summed E-state index contributed by atoms with van der Waals surface area (Å²) in [6.45, 7) is -2.52. The van der Waals surface area contributed by atoms with Crippen molar-refractivity contribution in [3.8, 4) is 0 Å². The minimum absolute atomic E-state index is 0.0208. The molecule has 12 aromatic rings. The number of alkyl halides is 1. The highest BCUT2D eigenvalue weighted by molar-refractivity contribution is 7.53. The average Bonchev–Trinajstić information content (AvgIpc) is 1.63. The average molecular weight is 2060 g/mol. The third kappa shape index (κ3) is 19.2. The summed E-state index contributed by atoms with van der Waals surface area (Å²) >= 11 is 0. The van der Waals surface area contributed by atoms with Crippen molar-refractivity contribution < 1.29 is 170 Å². The first-order valence-electron chi connectivity index (χ1n) is 41.1. The molecule has 0 spiro atoms. The zero-order valence-electron chi connectivity index (χ0n) is 70.6. The quantitative estimate of drug-likeness (QED) is 0.0766. The number of aromatic amines is 1. The topological polar surface area (TPSA) is 877 Å². The predicted octanol–water partition coefficient (Wildman–Crippen LogP) is -2.49. The molecule has 22 N–H and O–H groups in total. The number of hydrogen-bond donors (Lipinski definition) is 17. The first kappa shape index (κ1) is 97.2. The lowest BCUT2D eigenvalue weighted by atomic mass is 10.1. The lowest BCUT2D eigenvalue weighted by Gasteiger charge is -2.26. The van der Waals surface area contributed by atoms with E-state index in [0.717, 1.165) is 17.2 Å². The molecule has 12 aromatic heterocycles. The molecule has 30 atom stereocenters. The second kappa shape index (κ2) is 38.0. The maximum absolute atomic E-state index is 16.0. The number of nitrogen functional groups attached to an aromatic ring is 5. The van der Waals surface area contributed by atoms with Gasteiger partial charge in [-0.25, -0.2) is 83.7 Å². The second-order valence-electron chi connectivity index (χ2n) is 32.3. The molecule has 9 aliphatic rings. The number of nitrogens with zero attached hydrogens (tertiary/aromatic N) is 21. The molecule has 9 fully saturated rings. The number of fused-ring (bicyclic) bond motifs is 15. The molecule has 9 aliphatic heterocycles. The number of nitrogens with two attached hydrogens (primary N) is 5. The van der Waals surface area contributed by atoms with Crippen LogP contribution in [0.2, 0.25) is 0 Å². The number of ether oxygens (including phenoxy) is 11. The highest BCUT2D eigenvalue weighted by Gasteiger charge is 2.57. The van der Waals surface area contributed by atoms with E-state index in [0.29, 0.717) is 22.4 Å². The summed E-state index contributed by atoms with van der Waals surface area (Å²) in [6, 6.07) is 3.09. The van der Waals surface area contributed by atoms with Crippen molar-refractivity contribution in [1.82, 2.24) is 107 Å². The Kier molecular flexibility index (Phi) is 26.8. The summed E-state index contributed by atoms with van der Waals surface area (Å²) < 4.78 is 203. The van der Waals surface area contributed by atoms with Gasteiger partial charge in [-0.3, -0.25) is 64.1 Å². The van der Waals surface area contributed by atoms with Gasteiger partial charge in [-0.15, -0.1) is 0 Å². The summed E-state index contributed by atoms with van der Waals surface area (Å²) in [5.74, 6) is 0.378. The maximum atomic E-state index is 16.0. The number of nitrogens with one attached hydrogen (secondary N) is 1. The number of aliphatic hydroxyl groups is 5. The van der Waals surface area contributed by atoms with Crippen molar-refractivity contribution in [2.45, 2.75) is 154 Å². The lowest BCUT2D eigenvalue weighted by molar-refractivity contribution is -0.0696. The predicted molar refractivity (Wildman–Crippen MR) is 453 cm³/mol. The van der Waals surface area contributed by atoms with Crippen molar-refractivity contribution in [1.29, 1.82) is 0 Å². The fraction of sp³-hybridized carbons (Fsp3) is 0.529. The van der Waals surface area contributed by atoms with Crippen molar-refractivity contribution in [2.24, 2.45) is 0 Å². The van der Waals surface area contributed by atoms with E-state index in [1.54, 1.807) is 12.1 Å². The highest BCUT2D eigenvalue weighted by Crippen LogP contribution is 2.56. The van der Waals surface area contributed by atoms with E-state index in [4.69, 9.17) is 112 Å². The number of rotatable bonds is 6. The van der Waals surface area contributed by atoms with Crippen LogP contribution < -0.4 is 34.2 Å². The number of pyridine rings is 2. The van der Waals surface area contributed by atoms with Gasteiger partial charge in [0.25, 0.3) is 5.56 Å². The lowest BCUT2D eigenvalue weighted by Crippen LogP contribution is -2.37. The van der Waals surface area contributed by atoms with Gasteiger partial charge in [0.15, 0.2) is 100 Å². The molecule has 63 nitrogen and oxygen atoms in total. The van der Waals surface area contributed by atoms with Gasteiger partial charge in [-0.05, 0) is 19.1 Å². The molecule has 9 saturated heterocycles. The molecule has 6 bridgehead atoms. The Labute approximate surface area is 768 Å². The summed E-state index contributed by atoms with van der Waals surface area (Å²) in [4.78, 5) is 140. The Morgan fingerprint density at radius 1 is 0.348 bits per heavy atom. The molecule has 0 aromatic carbocycles. The SMILES string of the molecule is Cc1nc2c(ncn2[C@@H]2O[C@@H]3COP(=O)(O)OC4[C@@H](O)[C@@H](COP(=O)(O)CO[C@@H]3C2F)O[C@H]4n2cnc3c(N)ncnc32)c(=O)[nH]1.Nc1ncnc2c1ncn2[C@@H]1O[C@@H]2COP(=O)(O)CO[C@@H]3C(O)[C@H](n4cnc5c(N)ccnc54)O[C@@H]3COP(=O)(O)COC1[C@H]2O.Nc1ncnc2c1ncn2[C@@H]1O[C@@H]2COP(=O)(O)CO[C@H]3C(O)[C@H](n4cnc5c(N)ccnc54)O[C@@H]3COP(=O)(O)COC1[C@@H]2O. The molecule has 0 radical (unpaired) electrons. The van der Waals surface area contributed by atoms with Crippen LogP contribution >= 0.6 is 45.8 Å². The number of halogens is 1. The molecule has 0 saturated carbocycles. The molecular weight excluding hydrogens is 1980 g/mol. The molecule has 744 valence electrons. The third-order valence-corrected chi connectivity index (χ3v) is 29.3. The van der Waals surface area contributed by atoms with Crippen LogP contribution in [0.1, 0.15) is 43.2 Å². The molecule has 0 amide bonds. The van der Waals surface area contributed by atoms with Crippen molar-refractivity contribution in [3.05, 3.63) is 97.7 Å². The minimum Gasteiger partial charge on any atom is -0.397 e. The Hall–Kier alpha value is -9.61. The Morgan fingerprint density at radius 2 is 0.645 bits per heavy atom. The van der Waals surface area contributed by atoms with Crippen LogP contribution in [0.25, 0.3) is 67.0 Å². The number of aliphatic hydroxyl groups excluding tert-OH is 5. The Morgan fingerprint density at radius 3 is 1.04 bits per heavy atom. The van der Waals surface area contributed by atoms with Gasteiger partial charge in [0.05, 0.1) is 89.0 Å². The maximum Gasteiger partial charge on any atom is 0.472 e. The van der Waals surface area contributed by atoms with Crippen LogP contribution in [0.4, 0.5) is 33.2 Å². The zero-order valence-corrected chi connectivity index (χ0v) is 76.0. The van der Waals surface area contributed by atoms with Gasteiger partial charge in [0.1, 0.15) is 188 Å². The minimum atomic E-state index is -5.09. The van der Waals surface area contributed by atoms with Crippen LogP contribution in [0, 0.1) is 6.92 Å². The van der Waals surface area contributed by atoms with Crippen LogP contribution in [0.15, 0.2) is 86.3 Å². The molecular formula is C68H84FN27O36P6. The van der Waals surface area contributed by atoms with E-state index < -0.39 is 270 Å². The largest absolute Gasteiger partial charge is 0.472 e. The van der Waals surface area contributed by atoms with Gasteiger partial charge < -0.3 is 163 Å². The van der Waals surface area contributed by atoms with Gasteiger partial charge in [-0.2, -0.15) is 0 Å². The van der Waals surface area contributed by atoms with Gasteiger partial charge in [0, 0.05) is 12.4 Å². The molecule has 70 heteroatoms. The van der Waals surface area contributed by atoms with Gasteiger partial charge >= 0.3 is 45.8 Å².